The lowest BCUT2D eigenvalue weighted by atomic mass is 10.1. The van der Waals surface area contributed by atoms with Gasteiger partial charge >= 0.3 is 12.1 Å². The van der Waals surface area contributed by atoms with Gasteiger partial charge in [0.25, 0.3) is 0 Å². The molecule has 0 spiro atoms. The minimum Gasteiger partial charge on any atom is -0.462 e. The van der Waals surface area contributed by atoms with E-state index in [2.05, 4.69) is 10.1 Å². The number of nitrogens with zero attached hydrogens (tertiary/aromatic N) is 6. The molecule has 1 aliphatic rings. The van der Waals surface area contributed by atoms with Crippen molar-refractivity contribution < 1.29 is 27.8 Å². The molecule has 0 saturated carbocycles. The van der Waals surface area contributed by atoms with Crippen molar-refractivity contribution in [1.29, 1.82) is 0 Å². The number of ether oxygens (including phenoxy) is 2. The number of anilines is 1. The Morgan fingerprint density at radius 1 is 1.00 bits per heavy atom. The molecule has 0 radical (unpaired) electrons. The Balaban J connectivity index is 1.60. The van der Waals surface area contributed by atoms with Gasteiger partial charge < -0.3 is 19.3 Å². The van der Waals surface area contributed by atoms with E-state index in [4.69, 9.17) is 9.47 Å². The summed E-state index contributed by atoms with van der Waals surface area (Å²) in [5.74, 6) is -1.96. The van der Waals surface area contributed by atoms with E-state index in [0.29, 0.717) is 11.0 Å². The second-order valence-corrected chi connectivity index (χ2v) is 8.87. The largest absolute Gasteiger partial charge is 0.462 e. The lowest BCUT2D eigenvalue weighted by Crippen LogP contribution is -2.49. The molecule has 196 valence electrons. The number of para-hydroxylation sites is 2. The lowest BCUT2D eigenvalue weighted by molar-refractivity contribution is 0.0528. The molecule has 0 N–H and O–H groups in total. The number of piperazine rings is 1. The molecule has 1 aliphatic heterocycles. The average molecular weight is 523 g/mol. The molecule has 0 unspecified atom stereocenters. The molecule has 12 heteroatoms. The van der Waals surface area contributed by atoms with E-state index in [1.807, 2.05) is 6.07 Å². The number of hydrogen-bond donors (Lipinski definition) is 0. The predicted molar refractivity (Wildman–Crippen MR) is 136 cm³/mol. The summed E-state index contributed by atoms with van der Waals surface area (Å²) in [6, 6.07) is 8.41. The van der Waals surface area contributed by atoms with Gasteiger partial charge in [0.15, 0.2) is 5.82 Å². The summed E-state index contributed by atoms with van der Waals surface area (Å²) in [6.45, 7) is 4.73. The number of amides is 1. The Hall–Kier alpha value is -4.48. The first-order valence-corrected chi connectivity index (χ1v) is 12.4. The van der Waals surface area contributed by atoms with Crippen LogP contribution in [0.5, 0.6) is 0 Å². The van der Waals surface area contributed by atoms with E-state index in [9.17, 15) is 9.59 Å². The van der Waals surface area contributed by atoms with Gasteiger partial charge in [-0.05, 0) is 32.0 Å². The van der Waals surface area contributed by atoms with Gasteiger partial charge in [0.1, 0.15) is 17.1 Å². The van der Waals surface area contributed by atoms with Crippen molar-refractivity contribution in [3.63, 3.8) is 0 Å². The number of aromatic nitrogens is 4. The van der Waals surface area contributed by atoms with Gasteiger partial charge in [-0.25, -0.2) is 23.4 Å². The molecule has 4 heterocycles. The van der Waals surface area contributed by atoms with Crippen LogP contribution in [0.2, 0.25) is 0 Å². The van der Waals surface area contributed by atoms with Crippen molar-refractivity contribution in [3.05, 3.63) is 53.7 Å². The molecule has 0 bridgehead atoms. The summed E-state index contributed by atoms with van der Waals surface area (Å²) >= 11 is 0. The van der Waals surface area contributed by atoms with Gasteiger partial charge in [-0.2, -0.15) is 9.61 Å². The van der Waals surface area contributed by atoms with Crippen LogP contribution in [0.3, 0.4) is 0 Å². The number of benzene rings is 2. The molecule has 0 aliphatic carbocycles. The van der Waals surface area contributed by atoms with Gasteiger partial charge in [-0.15, -0.1) is 0 Å². The van der Waals surface area contributed by atoms with Crippen LogP contribution in [0.4, 0.5) is 19.3 Å². The van der Waals surface area contributed by atoms with Crippen molar-refractivity contribution in [1.82, 2.24) is 23.9 Å². The van der Waals surface area contributed by atoms with E-state index in [1.54, 1.807) is 41.3 Å². The Morgan fingerprint density at radius 3 is 2.47 bits per heavy atom. The molecule has 3 aromatic heterocycles. The molecule has 6 rings (SSSR count). The third-order valence-electron chi connectivity index (χ3n) is 6.77. The van der Waals surface area contributed by atoms with Gasteiger partial charge in [0, 0.05) is 31.6 Å². The second kappa shape index (κ2) is 9.12. The Kier molecular flexibility index (Phi) is 5.73. The number of carbonyl (C=O) groups excluding carboxylic acids is 2. The zero-order valence-corrected chi connectivity index (χ0v) is 20.8. The third-order valence-corrected chi connectivity index (χ3v) is 6.77. The van der Waals surface area contributed by atoms with E-state index in [1.165, 1.54) is 21.7 Å². The summed E-state index contributed by atoms with van der Waals surface area (Å²) in [5.41, 5.74) is 1.34. The summed E-state index contributed by atoms with van der Waals surface area (Å²) in [4.78, 5) is 32.6. The molecule has 5 aromatic rings. The van der Waals surface area contributed by atoms with Crippen LogP contribution >= 0.6 is 0 Å². The Labute approximate surface area is 214 Å². The fourth-order valence-corrected chi connectivity index (χ4v) is 5.11. The maximum absolute atomic E-state index is 16.6. The highest BCUT2D eigenvalue weighted by atomic mass is 19.1. The first kappa shape index (κ1) is 23.9. The molecule has 1 amide bonds. The number of rotatable bonds is 4. The zero-order valence-electron chi connectivity index (χ0n) is 20.8. The molecule has 0 atom stereocenters. The topological polar surface area (TPSA) is 93.7 Å². The highest BCUT2D eigenvalue weighted by molar-refractivity contribution is 6.09. The van der Waals surface area contributed by atoms with Crippen molar-refractivity contribution in [2.75, 3.05) is 44.3 Å². The highest BCUT2D eigenvalue weighted by Gasteiger charge is 2.30. The Bertz CT molecular complexity index is 1740. The van der Waals surface area contributed by atoms with Gasteiger partial charge in [0.05, 0.1) is 41.5 Å². The fraction of sp³-hybridized carbons (Fsp3) is 0.308. The molecular formula is C26H24F2N6O4. The number of carbonyl (C=O) groups is 2. The molecular weight excluding hydrogens is 498 g/mol. The van der Waals surface area contributed by atoms with Gasteiger partial charge in [-0.1, -0.05) is 12.1 Å². The molecule has 10 nitrogen and oxygen atoms in total. The summed E-state index contributed by atoms with van der Waals surface area (Å²) in [7, 11) is 0. The van der Waals surface area contributed by atoms with Crippen molar-refractivity contribution >= 4 is 51.0 Å². The molecule has 2 aromatic carbocycles. The highest BCUT2D eigenvalue weighted by Crippen LogP contribution is 2.36. The van der Waals surface area contributed by atoms with Crippen LogP contribution in [-0.2, 0) is 9.47 Å². The first-order valence-electron chi connectivity index (χ1n) is 12.4. The lowest BCUT2D eigenvalue weighted by Gasteiger charge is -2.35. The summed E-state index contributed by atoms with van der Waals surface area (Å²) < 4.78 is 45.5. The van der Waals surface area contributed by atoms with E-state index < -0.39 is 23.7 Å². The Morgan fingerprint density at radius 2 is 1.74 bits per heavy atom. The molecule has 1 saturated heterocycles. The number of imidazole rings is 1. The summed E-state index contributed by atoms with van der Waals surface area (Å²) in [6.07, 6.45) is 0.873. The SMILES string of the molecule is CCOC(=O)c1cnn2c1c1cc(F)c(N3CCN(C(=O)OCC)CC3)c(F)c1n1c3ccccc3nc21. The van der Waals surface area contributed by atoms with Gasteiger partial charge in [0.2, 0.25) is 5.78 Å². The monoisotopic (exact) mass is 522 g/mol. The number of hydrogen-bond acceptors (Lipinski definition) is 7. The van der Waals surface area contributed by atoms with Crippen LogP contribution in [0, 0.1) is 11.6 Å². The molecule has 1 fully saturated rings. The fourth-order valence-electron chi connectivity index (χ4n) is 5.11. The zero-order chi connectivity index (χ0) is 26.6. The molecule has 38 heavy (non-hydrogen) atoms. The van der Waals surface area contributed by atoms with Gasteiger partial charge in [-0.3, -0.25) is 4.40 Å². The second-order valence-electron chi connectivity index (χ2n) is 8.87. The standard InChI is InChI=1S/C26H24F2N6O4/c1-3-37-24(35)16-14-29-34-21(16)15-13-17(27)23(31-9-11-32(12-10-31)26(36)38-4-2)20(28)22(15)33-19-8-6-5-7-18(19)30-25(33)34/h5-8,13-14H,3-4,9-12H2,1-2H3. The minimum atomic E-state index is -0.795. The van der Waals surface area contributed by atoms with Crippen LogP contribution < -0.4 is 4.90 Å². The maximum Gasteiger partial charge on any atom is 0.409 e. The number of fused-ring (bicyclic) bond motifs is 8. The average Bonchev–Trinajstić information content (AvgIpc) is 3.52. The normalized spacial score (nSPS) is 14.2. The minimum absolute atomic E-state index is 0.0662. The van der Waals surface area contributed by atoms with E-state index in [-0.39, 0.29) is 72.8 Å². The van der Waals surface area contributed by atoms with E-state index >= 15 is 8.78 Å². The van der Waals surface area contributed by atoms with Crippen LogP contribution in [0.1, 0.15) is 24.2 Å². The van der Waals surface area contributed by atoms with E-state index in [0.717, 1.165) is 0 Å². The predicted octanol–water partition coefficient (Wildman–Crippen LogP) is 4.02. The number of esters is 1. The quantitative estimate of drug-likeness (QED) is 0.329. The first-order chi connectivity index (χ1) is 18.4. The maximum atomic E-state index is 16.6. The van der Waals surface area contributed by atoms with Crippen molar-refractivity contribution in [3.8, 4) is 0 Å². The summed E-state index contributed by atoms with van der Waals surface area (Å²) in [5, 5.41) is 4.49. The van der Waals surface area contributed by atoms with Crippen molar-refractivity contribution in [2.24, 2.45) is 0 Å². The van der Waals surface area contributed by atoms with Crippen LogP contribution in [-0.4, -0.2) is 75.4 Å². The van der Waals surface area contributed by atoms with Crippen LogP contribution in [0.25, 0.3) is 33.2 Å². The number of halogens is 2. The van der Waals surface area contributed by atoms with Crippen LogP contribution in [0.15, 0.2) is 36.5 Å². The van der Waals surface area contributed by atoms with Crippen molar-refractivity contribution in [2.45, 2.75) is 13.8 Å². The third kappa shape index (κ3) is 3.51. The smallest absolute Gasteiger partial charge is 0.409 e.